The van der Waals surface area contributed by atoms with Crippen molar-refractivity contribution < 1.29 is 23.2 Å². The highest BCUT2D eigenvalue weighted by Gasteiger charge is 2.47. The van der Waals surface area contributed by atoms with Crippen molar-refractivity contribution in [1.29, 1.82) is 0 Å². The third-order valence-corrected chi connectivity index (χ3v) is 6.06. The Bertz CT molecular complexity index is 835. The van der Waals surface area contributed by atoms with E-state index in [0.717, 1.165) is 5.56 Å². The van der Waals surface area contributed by atoms with E-state index in [1.807, 2.05) is 51.1 Å². The van der Waals surface area contributed by atoms with Gasteiger partial charge in [0.25, 0.3) is 0 Å². The van der Waals surface area contributed by atoms with E-state index in [2.05, 4.69) is 4.40 Å². The molecule has 1 aliphatic rings. The Hall–Kier alpha value is -1.77. The smallest absolute Gasteiger partial charge is 0.222 e. The number of rotatable bonds is 8. The van der Waals surface area contributed by atoms with Crippen LogP contribution in [0, 0.1) is 5.82 Å². The Labute approximate surface area is 180 Å². The van der Waals surface area contributed by atoms with Gasteiger partial charge in [-0.2, -0.15) is 0 Å². The van der Waals surface area contributed by atoms with Crippen molar-refractivity contribution in [3.63, 3.8) is 0 Å². The zero-order chi connectivity index (χ0) is 21.6. The highest BCUT2D eigenvalue weighted by Crippen LogP contribution is 2.38. The summed E-state index contributed by atoms with van der Waals surface area (Å²) in [4.78, 5) is 0. The molecule has 30 heavy (non-hydrogen) atoms. The summed E-state index contributed by atoms with van der Waals surface area (Å²) in [5.41, 5.74) is 1.54. The molecule has 1 heterocycles. The molecule has 0 amide bonds. The average molecular weight is 434 g/mol. The lowest BCUT2D eigenvalue weighted by molar-refractivity contribution is -0.243. The number of nitrogens with zero attached hydrogens (tertiary/aromatic N) is 1. The van der Waals surface area contributed by atoms with Gasteiger partial charge >= 0.3 is 0 Å². The minimum atomic E-state index is -1.38. The second-order valence-corrected chi connectivity index (χ2v) is 9.98. The summed E-state index contributed by atoms with van der Waals surface area (Å²) in [6, 6.07) is 15.9. The lowest BCUT2D eigenvalue weighted by Crippen LogP contribution is -2.43. The van der Waals surface area contributed by atoms with Crippen molar-refractivity contribution in [2.45, 2.75) is 50.4 Å². The van der Waals surface area contributed by atoms with E-state index in [1.54, 1.807) is 18.3 Å². The molecule has 1 fully saturated rings. The van der Waals surface area contributed by atoms with Crippen molar-refractivity contribution in [2.24, 2.45) is 4.40 Å². The third-order valence-electron chi connectivity index (χ3n) is 4.67. The normalized spacial score (nSPS) is 18.6. The van der Waals surface area contributed by atoms with Gasteiger partial charge in [0.05, 0.1) is 26.0 Å². The molecule has 0 aromatic heterocycles. The molecule has 0 spiro atoms. The Kier molecular flexibility index (Phi) is 7.65. The number of ether oxygens (including phenoxy) is 3. The Balaban J connectivity index is 1.87. The predicted octanol–water partition coefficient (Wildman–Crippen LogP) is 4.53. The van der Waals surface area contributed by atoms with Gasteiger partial charge in [-0.05, 0) is 38.5 Å². The van der Waals surface area contributed by atoms with Gasteiger partial charge in [-0.1, -0.05) is 46.9 Å². The van der Waals surface area contributed by atoms with Gasteiger partial charge in [0.15, 0.2) is 0 Å². The Morgan fingerprint density at radius 3 is 2.50 bits per heavy atom. The quantitative estimate of drug-likeness (QED) is 0.453. The van der Waals surface area contributed by atoms with E-state index in [-0.39, 0.29) is 5.82 Å². The Morgan fingerprint density at radius 1 is 1.17 bits per heavy atom. The van der Waals surface area contributed by atoms with Crippen molar-refractivity contribution in [3.8, 4) is 0 Å². The van der Waals surface area contributed by atoms with Crippen LogP contribution in [0.4, 0.5) is 4.39 Å². The second kappa shape index (κ2) is 10.0. The summed E-state index contributed by atoms with van der Waals surface area (Å²) >= 11 is -1.38. The lowest BCUT2D eigenvalue weighted by atomic mass is 9.97. The van der Waals surface area contributed by atoms with Gasteiger partial charge in [-0.25, -0.2) is 4.39 Å². The summed E-state index contributed by atoms with van der Waals surface area (Å²) in [5, 5.41) is 0. The van der Waals surface area contributed by atoms with E-state index < -0.39 is 28.0 Å². The summed E-state index contributed by atoms with van der Waals surface area (Å²) < 4.78 is 48.2. The minimum absolute atomic E-state index is 0.297. The molecule has 1 saturated heterocycles. The fourth-order valence-electron chi connectivity index (χ4n) is 3.14. The van der Waals surface area contributed by atoms with Crippen LogP contribution in [0.3, 0.4) is 0 Å². The Morgan fingerprint density at radius 2 is 1.87 bits per heavy atom. The summed E-state index contributed by atoms with van der Waals surface area (Å²) in [5.74, 6) is -1.64. The van der Waals surface area contributed by atoms with E-state index in [1.165, 1.54) is 12.1 Å². The van der Waals surface area contributed by atoms with Crippen molar-refractivity contribution in [2.75, 3.05) is 13.2 Å². The minimum Gasteiger partial charge on any atom is -0.591 e. The van der Waals surface area contributed by atoms with Crippen LogP contribution in [0.2, 0.25) is 0 Å². The summed E-state index contributed by atoms with van der Waals surface area (Å²) in [6.07, 6.45) is 1.27. The average Bonchev–Trinajstić information content (AvgIpc) is 3.21. The maximum Gasteiger partial charge on any atom is 0.222 e. The van der Waals surface area contributed by atoms with Crippen LogP contribution < -0.4 is 0 Å². The van der Waals surface area contributed by atoms with Crippen molar-refractivity contribution >= 4 is 17.6 Å². The molecule has 0 N–H and O–H groups in total. The molecule has 0 saturated carbocycles. The molecular formula is C23H28FNO4S. The maximum atomic E-state index is 14.0. The molecule has 1 aliphatic heterocycles. The first-order valence-corrected chi connectivity index (χ1v) is 11.1. The number of hydrogen-bond acceptors (Lipinski definition) is 5. The van der Waals surface area contributed by atoms with Crippen LogP contribution in [0.25, 0.3) is 0 Å². The number of benzene rings is 2. The molecule has 0 bridgehead atoms. The second-order valence-electron chi connectivity index (χ2n) is 8.05. The van der Waals surface area contributed by atoms with Gasteiger partial charge in [0.1, 0.15) is 28.0 Å². The molecule has 0 radical (unpaired) electrons. The zero-order valence-corrected chi connectivity index (χ0v) is 18.4. The van der Waals surface area contributed by atoms with Crippen LogP contribution in [-0.2, 0) is 38.0 Å². The largest absolute Gasteiger partial charge is 0.591 e. The van der Waals surface area contributed by atoms with Crippen LogP contribution in [0.5, 0.6) is 0 Å². The SMILES string of the molecule is CC(C)(C)[S@+]([O-])N=CCC(OCc1ccccc1)C1(c2cccc(F)c2)OCCO1. The number of hydrogen-bond donors (Lipinski definition) is 0. The molecule has 2 atom stereocenters. The lowest BCUT2D eigenvalue weighted by Gasteiger charge is -2.35. The van der Waals surface area contributed by atoms with E-state index >= 15 is 0 Å². The van der Waals surface area contributed by atoms with Crippen LogP contribution in [0.15, 0.2) is 59.0 Å². The molecule has 162 valence electrons. The van der Waals surface area contributed by atoms with Crippen LogP contribution >= 0.6 is 0 Å². The predicted molar refractivity (Wildman–Crippen MR) is 116 cm³/mol. The van der Waals surface area contributed by atoms with Crippen LogP contribution in [-0.4, -0.2) is 34.8 Å². The first-order valence-electron chi connectivity index (χ1n) is 9.95. The van der Waals surface area contributed by atoms with Crippen LogP contribution in [0.1, 0.15) is 38.3 Å². The molecular weight excluding hydrogens is 405 g/mol. The standard InChI is InChI=1S/C23H28FNO4S/c1-22(2,3)30(26)25-13-12-21(27-17-18-8-5-4-6-9-18)23(28-14-15-29-23)19-10-7-11-20(24)16-19/h4-11,13,16,21H,12,14-15,17H2,1-3H3/t21?,30-/m0/s1. The van der Waals surface area contributed by atoms with Gasteiger partial charge in [-0.3, -0.25) is 0 Å². The fraction of sp³-hybridized carbons (Fsp3) is 0.435. The molecule has 5 nitrogen and oxygen atoms in total. The van der Waals surface area contributed by atoms with Gasteiger partial charge in [-0.15, -0.1) is 0 Å². The molecule has 3 rings (SSSR count). The first-order chi connectivity index (χ1) is 14.3. The van der Waals surface area contributed by atoms with Crippen molar-refractivity contribution in [3.05, 3.63) is 71.5 Å². The van der Waals surface area contributed by atoms with E-state index in [0.29, 0.717) is 31.8 Å². The molecule has 2 aromatic carbocycles. The third kappa shape index (κ3) is 5.68. The summed E-state index contributed by atoms with van der Waals surface area (Å²) in [6.45, 7) is 6.65. The topological polar surface area (TPSA) is 63.1 Å². The monoisotopic (exact) mass is 433 g/mol. The van der Waals surface area contributed by atoms with E-state index in [9.17, 15) is 8.94 Å². The highest BCUT2D eigenvalue weighted by molar-refractivity contribution is 7.91. The van der Waals surface area contributed by atoms with Crippen molar-refractivity contribution in [1.82, 2.24) is 0 Å². The van der Waals surface area contributed by atoms with Gasteiger partial charge in [0, 0.05) is 12.0 Å². The fourth-order valence-corrected chi connectivity index (χ4v) is 3.68. The zero-order valence-electron chi connectivity index (χ0n) is 17.5. The van der Waals surface area contributed by atoms with Gasteiger partial charge < -0.3 is 18.8 Å². The molecule has 7 heteroatoms. The highest BCUT2D eigenvalue weighted by atomic mass is 32.2. The molecule has 0 aliphatic carbocycles. The number of halogens is 1. The first kappa shape index (κ1) is 22.9. The van der Waals surface area contributed by atoms with E-state index in [4.69, 9.17) is 14.2 Å². The maximum absolute atomic E-state index is 14.0. The molecule has 1 unspecified atom stereocenters. The molecule has 2 aromatic rings. The van der Waals surface area contributed by atoms with Gasteiger partial charge in [0.2, 0.25) is 5.79 Å². The summed E-state index contributed by atoms with van der Waals surface area (Å²) in [7, 11) is 0.